The molecule has 2 aliphatic carbocycles. The Morgan fingerprint density at radius 3 is 3.04 bits per heavy atom. The lowest BCUT2D eigenvalue weighted by Gasteiger charge is -2.06. The van der Waals surface area contributed by atoms with Crippen LogP contribution in [0.1, 0.15) is 23.5 Å². The Morgan fingerprint density at radius 1 is 1.27 bits per heavy atom. The fourth-order valence-electron chi connectivity index (χ4n) is 3.41. The second-order valence-electron chi connectivity index (χ2n) is 7.06. The van der Waals surface area contributed by atoms with E-state index in [0.717, 1.165) is 11.3 Å². The molecule has 2 atom stereocenters. The largest absolute Gasteiger partial charge is 0.379 e. The first-order valence-electron chi connectivity index (χ1n) is 8.85. The van der Waals surface area contributed by atoms with Crippen molar-refractivity contribution in [1.29, 1.82) is 0 Å². The zero-order valence-electron chi connectivity index (χ0n) is 14.4. The predicted molar refractivity (Wildman–Crippen MR) is 101 cm³/mol. The first-order valence-corrected chi connectivity index (χ1v) is 8.85. The summed E-state index contributed by atoms with van der Waals surface area (Å²) in [6, 6.07) is 9.65. The number of benzene rings is 1. The van der Waals surface area contributed by atoms with Gasteiger partial charge < -0.3 is 5.32 Å². The molecule has 1 saturated carbocycles. The zero-order chi connectivity index (χ0) is 17.7. The number of allylic oxidation sites excluding steroid dienone is 4. The molecule has 1 aromatic carbocycles. The highest BCUT2D eigenvalue weighted by Gasteiger charge is 2.35. The summed E-state index contributed by atoms with van der Waals surface area (Å²) >= 11 is 0. The minimum atomic E-state index is -0.153. The van der Waals surface area contributed by atoms with Crippen LogP contribution in [-0.4, -0.2) is 19.6 Å². The number of H-pyrrole nitrogens is 1. The Kier molecular flexibility index (Phi) is 3.31. The number of fused-ring (bicyclic) bond motifs is 2. The minimum absolute atomic E-state index is 0.153. The highest BCUT2D eigenvalue weighted by atomic mass is 16.1. The highest BCUT2D eigenvalue weighted by Crippen LogP contribution is 2.45. The van der Waals surface area contributed by atoms with Gasteiger partial charge in [0.1, 0.15) is 0 Å². The smallest absolute Gasteiger partial charge is 0.274 e. The molecule has 0 spiro atoms. The third-order valence-electron chi connectivity index (χ3n) is 4.96. The topological polar surface area (TPSA) is 75.1 Å². The molecule has 26 heavy (non-hydrogen) atoms. The molecule has 2 N–H and O–H groups in total. The van der Waals surface area contributed by atoms with Crippen molar-refractivity contribution in [3.63, 3.8) is 0 Å². The van der Waals surface area contributed by atoms with Crippen molar-refractivity contribution in [2.75, 3.05) is 5.32 Å². The predicted octanol–water partition coefficient (Wildman–Crippen LogP) is 2.93. The van der Waals surface area contributed by atoms with Crippen molar-refractivity contribution in [3.05, 3.63) is 76.0 Å². The van der Waals surface area contributed by atoms with E-state index in [1.807, 2.05) is 25.1 Å². The second-order valence-corrected chi connectivity index (χ2v) is 7.06. The van der Waals surface area contributed by atoms with Crippen LogP contribution in [0, 0.1) is 18.8 Å². The van der Waals surface area contributed by atoms with E-state index in [0.29, 0.717) is 35.7 Å². The van der Waals surface area contributed by atoms with Gasteiger partial charge in [-0.25, -0.2) is 4.98 Å². The first kappa shape index (κ1) is 15.1. The van der Waals surface area contributed by atoms with Crippen LogP contribution in [0.2, 0.25) is 0 Å². The summed E-state index contributed by atoms with van der Waals surface area (Å²) in [6.45, 7) is 2.52. The molecule has 5 rings (SSSR count). The Balaban J connectivity index is 1.43. The van der Waals surface area contributed by atoms with Crippen LogP contribution < -0.4 is 10.9 Å². The van der Waals surface area contributed by atoms with E-state index in [1.54, 1.807) is 6.07 Å². The number of aromatic amines is 1. The van der Waals surface area contributed by atoms with Crippen LogP contribution in [0.25, 0.3) is 11.4 Å². The van der Waals surface area contributed by atoms with Crippen LogP contribution in [0.15, 0.2) is 53.4 Å². The second kappa shape index (κ2) is 5.69. The van der Waals surface area contributed by atoms with Gasteiger partial charge in [-0.05, 0) is 42.9 Å². The number of hydrogen-bond donors (Lipinski definition) is 2. The van der Waals surface area contributed by atoms with Crippen molar-refractivity contribution >= 4 is 17.0 Å². The quantitative estimate of drug-likeness (QED) is 0.762. The maximum absolute atomic E-state index is 12.4. The van der Waals surface area contributed by atoms with E-state index in [-0.39, 0.29) is 5.56 Å². The maximum Gasteiger partial charge on any atom is 0.274 e. The molecular formula is C20H19N5O. The normalized spacial score (nSPS) is 20.7. The zero-order valence-corrected chi connectivity index (χ0v) is 14.4. The van der Waals surface area contributed by atoms with Gasteiger partial charge in [-0.2, -0.15) is 9.50 Å². The van der Waals surface area contributed by atoms with E-state index in [4.69, 9.17) is 0 Å². The Labute approximate surface area is 150 Å². The summed E-state index contributed by atoms with van der Waals surface area (Å²) in [5.74, 6) is 2.42. The third kappa shape index (κ3) is 2.73. The average molecular weight is 345 g/mol. The maximum atomic E-state index is 12.4. The van der Waals surface area contributed by atoms with E-state index in [2.05, 4.69) is 44.7 Å². The summed E-state index contributed by atoms with van der Waals surface area (Å²) in [5.41, 5.74) is 3.74. The van der Waals surface area contributed by atoms with E-state index in [1.165, 1.54) is 16.5 Å². The number of anilines is 1. The third-order valence-corrected chi connectivity index (χ3v) is 4.96. The lowest BCUT2D eigenvalue weighted by molar-refractivity contribution is 0.871. The van der Waals surface area contributed by atoms with Crippen LogP contribution in [0.3, 0.4) is 0 Å². The van der Waals surface area contributed by atoms with Gasteiger partial charge in [-0.3, -0.25) is 9.89 Å². The molecule has 0 aliphatic heterocycles. The van der Waals surface area contributed by atoms with Gasteiger partial charge in [0.2, 0.25) is 0 Å². The summed E-state index contributed by atoms with van der Waals surface area (Å²) in [6.07, 6.45) is 7.75. The monoisotopic (exact) mass is 345 g/mol. The molecule has 2 unspecified atom stereocenters. The Bertz CT molecular complexity index is 1120. The molecule has 2 heterocycles. The molecule has 0 bridgehead atoms. The van der Waals surface area contributed by atoms with Crippen molar-refractivity contribution in [3.8, 4) is 0 Å². The molecule has 3 aromatic rings. The minimum Gasteiger partial charge on any atom is -0.379 e. The van der Waals surface area contributed by atoms with E-state index < -0.39 is 0 Å². The molecule has 0 saturated heterocycles. The first-order chi connectivity index (χ1) is 12.7. The van der Waals surface area contributed by atoms with Gasteiger partial charge in [-0.15, -0.1) is 0 Å². The standard InChI is InChI=1S/C20H19N5O/c1-12-3-2-4-16(7-12)21-11-17-10-18(26)25-20(22-17)23-19(24-25)14-6-5-13-8-15(13)9-14/h2-7,9-10,13,15,21H,8,11H2,1H3,(H,22,23,24). The van der Waals surface area contributed by atoms with Gasteiger partial charge in [0, 0.05) is 17.3 Å². The molecule has 6 heteroatoms. The number of aromatic nitrogens is 4. The summed E-state index contributed by atoms with van der Waals surface area (Å²) in [4.78, 5) is 21.5. The number of nitrogens with one attached hydrogen (secondary N) is 2. The van der Waals surface area contributed by atoms with Crippen molar-refractivity contribution in [2.24, 2.45) is 11.8 Å². The van der Waals surface area contributed by atoms with Gasteiger partial charge in [-0.1, -0.05) is 30.4 Å². The summed E-state index contributed by atoms with van der Waals surface area (Å²) in [5, 5.41) is 6.38. The molecular weight excluding hydrogens is 326 g/mol. The van der Waals surface area contributed by atoms with Crippen LogP contribution in [-0.2, 0) is 6.54 Å². The molecule has 130 valence electrons. The van der Waals surface area contributed by atoms with Crippen molar-refractivity contribution < 1.29 is 0 Å². The number of nitrogens with zero attached hydrogens (tertiary/aromatic N) is 3. The molecule has 0 radical (unpaired) electrons. The molecule has 2 aliphatic rings. The average Bonchev–Trinajstić information content (AvgIpc) is 3.28. The van der Waals surface area contributed by atoms with Crippen LogP contribution >= 0.6 is 0 Å². The van der Waals surface area contributed by atoms with Crippen LogP contribution in [0.5, 0.6) is 0 Å². The van der Waals surface area contributed by atoms with Gasteiger partial charge in [0.25, 0.3) is 11.3 Å². The van der Waals surface area contributed by atoms with E-state index >= 15 is 0 Å². The molecule has 6 nitrogen and oxygen atoms in total. The Hall–Kier alpha value is -3.15. The summed E-state index contributed by atoms with van der Waals surface area (Å²) in [7, 11) is 0. The molecule has 0 amide bonds. The highest BCUT2D eigenvalue weighted by molar-refractivity contribution is 5.72. The number of hydrogen-bond acceptors (Lipinski definition) is 4. The number of aryl methyl sites for hydroxylation is 1. The number of rotatable bonds is 4. The van der Waals surface area contributed by atoms with Crippen molar-refractivity contribution in [2.45, 2.75) is 19.9 Å². The molecule has 1 fully saturated rings. The lowest BCUT2D eigenvalue weighted by Crippen LogP contribution is -2.17. The van der Waals surface area contributed by atoms with Crippen LogP contribution in [0.4, 0.5) is 5.69 Å². The van der Waals surface area contributed by atoms with Gasteiger partial charge >= 0.3 is 0 Å². The fourth-order valence-corrected chi connectivity index (χ4v) is 3.41. The van der Waals surface area contributed by atoms with Gasteiger partial charge in [0.15, 0.2) is 5.82 Å². The SMILES string of the molecule is Cc1cccc(NCc2cc(=O)n3[nH]c(C4=CC5CC5C=C4)nc3n2)c1. The lowest BCUT2D eigenvalue weighted by atomic mass is 10.1. The molecule has 2 aromatic heterocycles. The van der Waals surface area contributed by atoms with E-state index in [9.17, 15) is 4.79 Å². The Morgan fingerprint density at radius 2 is 2.19 bits per heavy atom. The fraction of sp³-hybridized carbons (Fsp3) is 0.250. The van der Waals surface area contributed by atoms with Gasteiger partial charge in [0.05, 0.1) is 12.2 Å². The summed E-state index contributed by atoms with van der Waals surface area (Å²) < 4.78 is 1.40. The van der Waals surface area contributed by atoms with Crippen molar-refractivity contribution in [1.82, 2.24) is 19.6 Å².